The highest BCUT2D eigenvalue weighted by Gasteiger charge is 2.77. The largest absolute Gasteiger partial charge is 0.455 e. The van der Waals surface area contributed by atoms with E-state index in [9.17, 15) is 24.3 Å². The number of carbonyl (C=O) groups excluding carboxylic acids is 4. The van der Waals surface area contributed by atoms with E-state index in [-0.39, 0.29) is 55.3 Å². The van der Waals surface area contributed by atoms with Gasteiger partial charge < -0.3 is 34.4 Å². The van der Waals surface area contributed by atoms with Gasteiger partial charge in [0.05, 0.1) is 30.6 Å². The monoisotopic (exact) mass is 785 g/mol. The van der Waals surface area contributed by atoms with Crippen LogP contribution in [0.1, 0.15) is 43.8 Å². The van der Waals surface area contributed by atoms with Crippen molar-refractivity contribution in [2.24, 2.45) is 11.8 Å². The summed E-state index contributed by atoms with van der Waals surface area (Å²) in [5.41, 5.74) is -0.143. The number of halogens is 2. The summed E-state index contributed by atoms with van der Waals surface area (Å²) in [6.45, 7) is 7.84. The second kappa shape index (κ2) is 17.3. The summed E-state index contributed by atoms with van der Waals surface area (Å²) in [6, 6.07) is 14.0. The number of hydrogen-bond acceptors (Lipinski definition) is 8. The molecule has 1 spiro atoms. The van der Waals surface area contributed by atoms with Crippen molar-refractivity contribution in [1.82, 2.24) is 10.2 Å². The van der Waals surface area contributed by atoms with Crippen LogP contribution >= 0.6 is 27.5 Å². The van der Waals surface area contributed by atoms with Crippen LogP contribution in [0.5, 0.6) is 0 Å². The van der Waals surface area contributed by atoms with Gasteiger partial charge in [-0.15, -0.1) is 13.2 Å². The SMILES string of the molecule is C=CCCC(=O)N[C@@H](COC)[C@@H](OC(=O)[C@H]1[C@@H]2O[C@@]3(CC2Br)[C@@H]1C(=O)N(CCCCO)[C@@H]3C(=O)N(CC=C)c1ccc(Cl)cc1)c1ccccc1. The summed E-state index contributed by atoms with van der Waals surface area (Å²) in [7, 11) is 1.50. The Labute approximate surface area is 312 Å². The molecule has 11 nitrogen and oxygen atoms in total. The number of methoxy groups -OCH3 is 1. The van der Waals surface area contributed by atoms with Gasteiger partial charge in [-0.3, -0.25) is 19.2 Å². The lowest BCUT2D eigenvalue weighted by Crippen LogP contribution is -2.57. The zero-order valence-corrected chi connectivity index (χ0v) is 31.0. The Morgan fingerprint density at radius 1 is 1.16 bits per heavy atom. The fourth-order valence-corrected chi connectivity index (χ4v) is 8.73. The molecule has 2 aromatic rings. The van der Waals surface area contributed by atoms with E-state index >= 15 is 0 Å². The number of esters is 1. The summed E-state index contributed by atoms with van der Waals surface area (Å²) in [6.07, 6.45) is 3.36. The third-order valence-electron chi connectivity index (χ3n) is 9.82. The van der Waals surface area contributed by atoms with Crippen molar-refractivity contribution in [3.63, 3.8) is 0 Å². The number of benzene rings is 2. The normalized spacial score (nSPS) is 25.9. The molecule has 2 aromatic carbocycles. The molecular formula is C38H45BrClN3O8. The molecule has 3 aliphatic heterocycles. The molecule has 0 aliphatic carbocycles. The molecule has 3 saturated heterocycles. The van der Waals surface area contributed by atoms with Gasteiger partial charge in [0.1, 0.15) is 17.7 Å². The minimum Gasteiger partial charge on any atom is -0.455 e. The van der Waals surface area contributed by atoms with E-state index in [4.69, 9.17) is 25.8 Å². The molecule has 3 fully saturated rings. The zero-order chi connectivity index (χ0) is 36.7. The fourth-order valence-electron chi connectivity index (χ4n) is 7.66. The van der Waals surface area contributed by atoms with Crippen molar-refractivity contribution in [2.45, 2.75) is 66.8 Å². The van der Waals surface area contributed by atoms with Gasteiger partial charge >= 0.3 is 5.97 Å². The number of alkyl halides is 1. The Bertz CT molecular complexity index is 1580. The molecular weight excluding hydrogens is 742 g/mol. The van der Waals surface area contributed by atoms with Gasteiger partial charge in [-0.05, 0) is 55.5 Å². The highest BCUT2D eigenvalue weighted by Crippen LogP contribution is 2.60. The number of unbranched alkanes of at least 4 members (excludes halogenated alkanes) is 1. The minimum atomic E-state index is -1.34. The first-order valence-corrected chi connectivity index (χ1v) is 18.5. The molecule has 3 heterocycles. The summed E-state index contributed by atoms with van der Waals surface area (Å²) >= 11 is 9.88. The molecule has 0 saturated carbocycles. The summed E-state index contributed by atoms with van der Waals surface area (Å²) < 4.78 is 18.5. The lowest BCUT2D eigenvalue weighted by molar-refractivity contribution is -0.163. The van der Waals surface area contributed by atoms with Gasteiger partial charge in [0.25, 0.3) is 5.91 Å². The summed E-state index contributed by atoms with van der Waals surface area (Å²) in [4.78, 5) is 59.4. The Balaban J connectivity index is 1.51. The van der Waals surface area contributed by atoms with E-state index in [0.717, 1.165) is 0 Å². The van der Waals surface area contributed by atoms with Crippen molar-refractivity contribution in [3.8, 4) is 0 Å². The van der Waals surface area contributed by atoms with E-state index in [1.807, 2.05) is 6.07 Å². The number of fused-ring (bicyclic) bond motifs is 1. The molecule has 1 unspecified atom stereocenters. The topological polar surface area (TPSA) is 135 Å². The Kier molecular flexibility index (Phi) is 13.1. The first-order chi connectivity index (χ1) is 24.6. The lowest BCUT2D eigenvalue weighted by Gasteiger charge is -2.37. The maximum atomic E-state index is 14.7. The molecule has 3 aliphatic rings. The molecule has 5 rings (SSSR count). The fraction of sp³-hybridized carbons (Fsp3) is 0.474. The van der Waals surface area contributed by atoms with Crippen LogP contribution in [0.25, 0.3) is 0 Å². The maximum Gasteiger partial charge on any atom is 0.313 e. The second-order valence-electron chi connectivity index (χ2n) is 13.1. The predicted molar refractivity (Wildman–Crippen MR) is 196 cm³/mol. The first-order valence-electron chi connectivity index (χ1n) is 17.2. The zero-order valence-electron chi connectivity index (χ0n) is 28.6. The molecule has 3 amide bonds. The molecule has 2 bridgehead atoms. The molecule has 0 aromatic heterocycles. The third-order valence-corrected chi connectivity index (χ3v) is 10.9. The lowest BCUT2D eigenvalue weighted by atomic mass is 9.70. The van der Waals surface area contributed by atoms with Crippen LogP contribution in [0, 0.1) is 11.8 Å². The average molecular weight is 787 g/mol. The Morgan fingerprint density at radius 2 is 1.88 bits per heavy atom. The van der Waals surface area contributed by atoms with Crippen LogP contribution in [-0.2, 0) is 33.4 Å². The molecule has 51 heavy (non-hydrogen) atoms. The van der Waals surface area contributed by atoms with Crippen molar-refractivity contribution in [2.75, 3.05) is 38.3 Å². The number of aliphatic hydroxyl groups is 1. The number of aliphatic hydroxyl groups excluding tert-OH is 1. The predicted octanol–water partition coefficient (Wildman–Crippen LogP) is 4.76. The van der Waals surface area contributed by atoms with Crippen molar-refractivity contribution < 1.29 is 38.5 Å². The van der Waals surface area contributed by atoms with Crippen LogP contribution in [0.3, 0.4) is 0 Å². The molecule has 2 N–H and O–H groups in total. The third kappa shape index (κ3) is 7.95. The number of rotatable bonds is 18. The summed E-state index contributed by atoms with van der Waals surface area (Å²) in [5.74, 6) is -3.76. The molecule has 8 atom stereocenters. The number of likely N-dealkylation sites (tertiary alicyclic amines) is 1. The van der Waals surface area contributed by atoms with Gasteiger partial charge in [0, 0.05) is 48.8 Å². The molecule has 274 valence electrons. The standard InChI is InChI=1S/C38H45BrClN3O8/c1-4-6-14-29(45)41-28(23-49-3)32(24-12-8-7-9-13-24)50-37(48)30-31-35(46)43(20-10-11-21-44)34(38(31)22-27(39)33(30)51-38)36(47)42(19-5-2)26-17-15-25(40)16-18-26/h4-5,7-9,12-13,15-18,27-28,30-34,44H,1-2,6,10-11,14,19-23H2,3H3,(H,41,45)/t27?,28-,30+,31-,32-,33+,34+,38-/m0/s1. The van der Waals surface area contributed by atoms with Crippen LogP contribution in [0.2, 0.25) is 5.02 Å². The number of carbonyl (C=O) groups is 4. The molecule has 0 radical (unpaired) electrons. The van der Waals surface area contributed by atoms with Gasteiger partial charge in [-0.2, -0.15) is 0 Å². The number of anilines is 1. The smallest absolute Gasteiger partial charge is 0.313 e. The number of nitrogens with one attached hydrogen (secondary N) is 1. The van der Waals surface area contributed by atoms with Crippen LogP contribution in [0.4, 0.5) is 5.69 Å². The van der Waals surface area contributed by atoms with Gasteiger partial charge in [0.15, 0.2) is 0 Å². The quantitative estimate of drug-likeness (QED) is 0.0957. The van der Waals surface area contributed by atoms with Gasteiger partial charge in [-0.1, -0.05) is 70.0 Å². The van der Waals surface area contributed by atoms with Crippen LogP contribution < -0.4 is 10.2 Å². The number of hydrogen-bond donors (Lipinski definition) is 2. The maximum absolute atomic E-state index is 14.7. The highest BCUT2D eigenvalue weighted by molar-refractivity contribution is 9.09. The Hall–Kier alpha value is -3.55. The molecule has 13 heteroatoms. The number of nitrogens with zero attached hydrogens (tertiary/aromatic N) is 2. The number of amides is 3. The van der Waals surface area contributed by atoms with Crippen molar-refractivity contribution in [1.29, 1.82) is 0 Å². The average Bonchev–Trinajstić information content (AvgIpc) is 3.72. The number of ether oxygens (including phenoxy) is 3. The van der Waals surface area contributed by atoms with E-state index in [1.54, 1.807) is 65.6 Å². The second-order valence-corrected chi connectivity index (χ2v) is 14.7. The Morgan fingerprint density at radius 3 is 2.53 bits per heavy atom. The van der Waals surface area contributed by atoms with E-state index < -0.39 is 47.7 Å². The van der Waals surface area contributed by atoms with E-state index in [1.165, 1.54) is 12.0 Å². The van der Waals surface area contributed by atoms with Crippen molar-refractivity contribution >= 4 is 56.9 Å². The minimum absolute atomic E-state index is 0.0453. The van der Waals surface area contributed by atoms with E-state index in [2.05, 4.69) is 34.4 Å². The summed E-state index contributed by atoms with van der Waals surface area (Å²) in [5, 5.41) is 13.0. The van der Waals surface area contributed by atoms with E-state index in [0.29, 0.717) is 42.0 Å². The first kappa shape index (κ1) is 38.7. The van der Waals surface area contributed by atoms with Gasteiger partial charge in [-0.25, -0.2) is 0 Å². The van der Waals surface area contributed by atoms with Crippen LogP contribution in [0.15, 0.2) is 79.9 Å². The number of allylic oxidation sites excluding steroid dienone is 1. The van der Waals surface area contributed by atoms with Gasteiger partial charge in [0.2, 0.25) is 11.8 Å². The highest BCUT2D eigenvalue weighted by atomic mass is 79.9. The van der Waals surface area contributed by atoms with Crippen molar-refractivity contribution in [3.05, 3.63) is 90.5 Å². The van der Waals surface area contributed by atoms with Crippen LogP contribution in [-0.4, -0.2) is 95.7 Å².